The summed E-state index contributed by atoms with van der Waals surface area (Å²) in [7, 11) is 1.99. The lowest BCUT2D eigenvalue weighted by Gasteiger charge is -2.34. The van der Waals surface area contributed by atoms with Gasteiger partial charge in [-0.2, -0.15) is 0 Å². The Hall–Kier alpha value is -1.01. The van der Waals surface area contributed by atoms with Crippen LogP contribution in [0.1, 0.15) is 19.3 Å². The van der Waals surface area contributed by atoms with E-state index < -0.39 is 0 Å². The van der Waals surface area contributed by atoms with Gasteiger partial charge in [-0.25, -0.2) is 0 Å². The maximum atomic E-state index is 11.2. The number of hydrogen-bond acceptors (Lipinski definition) is 2. The maximum Gasteiger partial charge on any atom is 0.234 e. The van der Waals surface area contributed by atoms with E-state index in [1.807, 2.05) is 7.05 Å². The van der Waals surface area contributed by atoms with E-state index in [1.54, 1.807) is 0 Å². The SMILES string of the molecule is C#CCNC(=O)CN(C)C1CCC1. The van der Waals surface area contributed by atoms with Gasteiger partial charge in [0.05, 0.1) is 13.1 Å². The van der Waals surface area contributed by atoms with E-state index >= 15 is 0 Å². The molecule has 0 saturated heterocycles. The first-order valence-corrected chi connectivity index (χ1v) is 4.64. The van der Waals surface area contributed by atoms with Gasteiger partial charge in [0.25, 0.3) is 0 Å². The molecule has 1 saturated carbocycles. The first-order valence-electron chi connectivity index (χ1n) is 4.64. The van der Waals surface area contributed by atoms with E-state index in [2.05, 4.69) is 16.1 Å². The number of likely N-dealkylation sites (N-methyl/N-ethyl adjacent to an activating group) is 1. The summed E-state index contributed by atoms with van der Waals surface area (Å²) >= 11 is 0. The smallest absolute Gasteiger partial charge is 0.234 e. The van der Waals surface area contributed by atoms with Crippen molar-refractivity contribution in [3.05, 3.63) is 0 Å². The summed E-state index contributed by atoms with van der Waals surface area (Å²) in [6, 6.07) is 0.608. The standard InChI is InChI=1S/C10H16N2O/c1-3-7-11-10(13)8-12(2)9-5-4-6-9/h1,9H,4-8H2,2H3,(H,11,13). The molecule has 0 aromatic carbocycles. The third-order valence-electron chi connectivity index (χ3n) is 2.48. The quantitative estimate of drug-likeness (QED) is 0.628. The van der Waals surface area contributed by atoms with Crippen LogP contribution in [0.15, 0.2) is 0 Å². The van der Waals surface area contributed by atoms with Gasteiger partial charge >= 0.3 is 0 Å². The number of rotatable bonds is 4. The third-order valence-corrected chi connectivity index (χ3v) is 2.48. The Morgan fingerprint density at radius 3 is 2.85 bits per heavy atom. The van der Waals surface area contributed by atoms with Gasteiger partial charge in [-0.05, 0) is 19.9 Å². The molecule has 3 heteroatoms. The van der Waals surface area contributed by atoms with Crippen LogP contribution in [0.25, 0.3) is 0 Å². The summed E-state index contributed by atoms with van der Waals surface area (Å²) in [6.45, 7) is 0.795. The van der Waals surface area contributed by atoms with Crippen molar-refractivity contribution in [2.75, 3.05) is 20.1 Å². The molecular formula is C10H16N2O. The minimum atomic E-state index is 0.0207. The Bertz CT molecular complexity index is 215. The Balaban J connectivity index is 2.15. The summed E-state index contributed by atoms with van der Waals surface area (Å²) in [5.41, 5.74) is 0. The van der Waals surface area contributed by atoms with E-state index in [1.165, 1.54) is 19.3 Å². The molecule has 0 radical (unpaired) electrons. The number of carbonyl (C=O) groups excluding carboxylic acids is 1. The van der Waals surface area contributed by atoms with Gasteiger partial charge in [-0.1, -0.05) is 12.3 Å². The predicted octanol–water partition coefficient (Wildman–Crippen LogP) is 0.220. The molecule has 72 valence electrons. The number of carbonyl (C=O) groups is 1. The molecule has 1 N–H and O–H groups in total. The van der Waals surface area contributed by atoms with Crippen LogP contribution >= 0.6 is 0 Å². The van der Waals surface area contributed by atoms with Gasteiger partial charge in [0.1, 0.15) is 0 Å². The number of hydrogen-bond donors (Lipinski definition) is 1. The van der Waals surface area contributed by atoms with Crippen LogP contribution in [0.3, 0.4) is 0 Å². The molecule has 1 aliphatic carbocycles. The fourth-order valence-electron chi connectivity index (χ4n) is 1.39. The van der Waals surface area contributed by atoms with Crippen LogP contribution in [-0.2, 0) is 4.79 Å². The molecule has 1 rings (SSSR count). The van der Waals surface area contributed by atoms with E-state index in [-0.39, 0.29) is 5.91 Å². The van der Waals surface area contributed by atoms with E-state index in [9.17, 15) is 4.79 Å². The number of nitrogens with one attached hydrogen (secondary N) is 1. The van der Waals surface area contributed by atoms with Crippen molar-refractivity contribution in [3.8, 4) is 12.3 Å². The van der Waals surface area contributed by atoms with Gasteiger partial charge < -0.3 is 5.32 Å². The van der Waals surface area contributed by atoms with Crippen LogP contribution in [0.2, 0.25) is 0 Å². The van der Waals surface area contributed by atoms with Crippen LogP contribution in [0.5, 0.6) is 0 Å². The molecule has 3 nitrogen and oxygen atoms in total. The highest BCUT2D eigenvalue weighted by Crippen LogP contribution is 2.22. The van der Waals surface area contributed by atoms with Crippen molar-refractivity contribution >= 4 is 5.91 Å². The number of amides is 1. The van der Waals surface area contributed by atoms with Crippen molar-refractivity contribution in [2.24, 2.45) is 0 Å². The molecule has 0 aromatic heterocycles. The van der Waals surface area contributed by atoms with Crippen LogP contribution in [0.4, 0.5) is 0 Å². The fraction of sp³-hybridized carbons (Fsp3) is 0.700. The number of nitrogens with zero attached hydrogens (tertiary/aromatic N) is 1. The van der Waals surface area contributed by atoms with Crippen molar-refractivity contribution in [1.29, 1.82) is 0 Å². The molecule has 0 aromatic rings. The van der Waals surface area contributed by atoms with Gasteiger partial charge in [0, 0.05) is 6.04 Å². The largest absolute Gasteiger partial charge is 0.344 e. The summed E-state index contributed by atoms with van der Waals surface area (Å²) in [6.07, 6.45) is 8.76. The Morgan fingerprint density at radius 2 is 2.38 bits per heavy atom. The van der Waals surface area contributed by atoms with Gasteiger partial charge in [0.15, 0.2) is 0 Å². The minimum Gasteiger partial charge on any atom is -0.344 e. The highest BCUT2D eigenvalue weighted by Gasteiger charge is 2.22. The van der Waals surface area contributed by atoms with E-state index in [4.69, 9.17) is 6.42 Å². The van der Waals surface area contributed by atoms with Crippen LogP contribution in [-0.4, -0.2) is 37.0 Å². The highest BCUT2D eigenvalue weighted by molar-refractivity contribution is 5.78. The van der Waals surface area contributed by atoms with Crippen LogP contribution < -0.4 is 5.32 Å². The average Bonchev–Trinajstić information content (AvgIpc) is 1.97. The second kappa shape index (κ2) is 4.88. The molecule has 0 aliphatic heterocycles. The van der Waals surface area contributed by atoms with Crippen molar-refractivity contribution < 1.29 is 4.79 Å². The minimum absolute atomic E-state index is 0.0207. The summed E-state index contributed by atoms with van der Waals surface area (Å²) in [4.78, 5) is 13.3. The molecule has 13 heavy (non-hydrogen) atoms. The first-order chi connectivity index (χ1) is 6.24. The zero-order chi connectivity index (χ0) is 9.68. The molecule has 0 spiro atoms. The zero-order valence-electron chi connectivity index (χ0n) is 8.05. The zero-order valence-corrected chi connectivity index (χ0v) is 8.05. The Kier molecular flexibility index (Phi) is 3.78. The molecule has 0 unspecified atom stereocenters. The van der Waals surface area contributed by atoms with Crippen molar-refractivity contribution in [1.82, 2.24) is 10.2 Å². The fourth-order valence-corrected chi connectivity index (χ4v) is 1.39. The van der Waals surface area contributed by atoms with Crippen molar-refractivity contribution in [2.45, 2.75) is 25.3 Å². The number of terminal acetylenes is 1. The monoisotopic (exact) mass is 180 g/mol. The molecular weight excluding hydrogens is 164 g/mol. The highest BCUT2D eigenvalue weighted by atomic mass is 16.2. The summed E-state index contributed by atoms with van der Waals surface area (Å²) in [5.74, 6) is 2.40. The second-order valence-electron chi connectivity index (χ2n) is 3.48. The second-order valence-corrected chi connectivity index (χ2v) is 3.48. The van der Waals surface area contributed by atoms with Gasteiger partial charge in [-0.15, -0.1) is 6.42 Å². The topological polar surface area (TPSA) is 32.3 Å². The third kappa shape index (κ3) is 3.08. The normalized spacial score (nSPS) is 16.4. The Labute approximate surface area is 79.5 Å². The molecule has 0 bridgehead atoms. The lowest BCUT2D eigenvalue weighted by molar-refractivity contribution is -0.122. The summed E-state index contributed by atoms with van der Waals surface area (Å²) in [5, 5.41) is 2.65. The average molecular weight is 180 g/mol. The lowest BCUT2D eigenvalue weighted by atomic mass is 9.92. The molecule has 1 fully saturated rings. The van der Waals surface area contributed by atoms with Gasteiger partial charge in [-0.3, -0.25) is 9.69 Å². The van der Waals surface area contributed by atoms with Crippen molar-refractivity contribution in [3.63, 3.8) is 0 Å². The molecule has 0 atom stereocenters. The maximum absolute atomic E-state index is 11.2. The first kappa shape index (κ1) is 10.1. The predicted molar refractivity (Wildman–Crippen MR) is 52.1 cm³/mol. The van der Waals surface area contributed by atoms with Gasteiger partial charge in [0.2, 0.25) is 5.91 Å². The van der Waals surface area contributed by atoms with E-state index in [0.29, 0.717) is 19.1 Å². The molecule has 0 heterocycles. The lowest BCUT2D eigenvalue weighted by Crippen LogP contribution is -2.43. The van der Waals surface area contributed by atoms with E-state index in [0.717, 1.165) is 0 Å². The Morgan fingerprint density at radius 1 is 1.69 bits per heavy atom. The van der Waals surface area contributed by atoms with Crippen LogP contribution in [0, 0.1) is 12.3 Å². The summed E-state index contributed by atoms with van der Waals surface area (Å²) < 4.78 is 0. The molecule has 1 amide bonds. The molecule has 1 aliphatic rings.